The van der Waals surface area contributed by atoms with Crippen molar-refractivity contribution in [3.63, 3.8) is 0 Å². The normalized spacial score (nSPS) is 19.3. The molecule has 3 N–H and O–H groups in total. The number of hydrogen-bond donors (Lipinski definition) is 3. The van der Waals surface area contributed by atoms with Crippen molar-refractivity contribution >= 4 is 11.9 Å². The van der Waals surface area contributed by atoms with Gasteiger partial charge in [-0.1, -0.05) is 20.8 Å². The van der Waals surface area contributed by atoms with Gasteiger partial charge in [-0.05, 0) is 5.41 Å². The van der Waals surface area contributed by atoms with Crippen molar-refractivity contribution in [1.82, 2.24) is 15.5 Å². The van der Waals surface area contributed by atoms with Crippen LogP contribution in [0.3, 0.4) is 0 Å². The molecule has 1 fully saturated rings. The maximum Gasteiger partial charge on any atom is 0.326 e. The van der Waals surface area contributed by atoms with Gasteiger partial charge in [-0.2, -0.15) is 0 Å². The van der Waals surface area contributed by atoms with E-state index in [4.69, 9.17) is 5.11 Å². The first-order valence-electron chi connectivity index (χ1n) is 6.26. The molecule has 1 unspecified atom stereocenters. The molecular formula is C12H23N3O3. The Morgan fingerprint density at radius 1 is 1.33 bits per heavy atom. The van der Waals surface area contributed by atoms with E-state index in [2.05, 4.69) is 10.6 Å². The summed E-state index contributed by atoms with van der Waals surface area (Å²) in [6.07, 6.45) is 0. The van der Waals surface area contributed by atoms with Gasteiger partial charge in [0.25, 0.3) is 0 Å². The second-order valence-electron chi connectivity index (χ2n) is 5.73. The summed E-state index contributed by atoms with van der Waals surface area (Å²) in [5.41, 5.74) is -0.495. The maximum atomic E-state index is 11.8. The number of nitrogens with zero attached hydrogens (tertiary/aromatic N) is 1. The first kappa shape index (κ1) is 14.9. The van der Waals surface area contributed by atoms with E-state index in [0.29, 0.717) is 0 Å². The molecule has 1 rings (SSSR count). The van der Waals surface area contributed by atoms with Gasteiger partial charge in [0.05, 0.1) is 6.54 Å². The predicted molar refractivity (Wildman–Crippen MR) is 68.3 cm³/mol. The number of amides is 1. The van der Waals surface area contributed by atoms with Crippen molar-refractivity contribution in [2.24, 2.45) is 5.41 Å². The molecule has 0 aromatic heterocycles. The third-order valence-corrected chi connectivity index (χ3v) is 3.00. The number of piperazine rings is 1. The highest BCUT2D eigenvalue weighted by Crippen LogP contribution is 2.19. The third kappa shape index (κ3) is 4.62. The highest BCUT2D eigenvalue weighted by molar-refractivity contribution is 5.85. The van der Waals surface area contributed by atoms with Crippen molar-refractivity contribution in [3.05, 3.63) is 0 Å². The minimum Gasteiger partial charge on any atom is -0.480 e. The SMILES string of the molecule is CC(C)(C)C(NC(=O)CN1CCNCC1)C(=O)O. The summed E-state index contributed by atoms with van der Waals surface area (Å²) in [4.78, 5) is 25.0. The van der Waals surface area contributed by atoms with Crippen LogP contribution in [0.15, 0.2) is 0 Å². The number of carboxylic acid groups (broad SMARTS) is 1. The van der Waals surface area contributed by atoms with Crippen LogP contribution in [-0.2, 0) is 9.59 Å². The number of carbonyl (C=O) groups is 2. The quantitative estimate of drug-likeness (QED) is 0.633. The first-order chi connectivity index (χ1) is 8.30. The van der Waals surface area contributed by atoms with E-state index in [1.165, 1.54) is 0 Å². The lowest BCUT2D eigenvalue weighted by atomic mass is 9.87. The van der Waals surface area contributed by atoms with Gasteiger partial charge < -0.3 is 15.7 Å². The molecule has 0 aromatic rings. The van der Waals surface area contributed by atoms with Gasteiger partial charge in [-0.15, -0.1) is 0 Å². The Bertz CT molecular complexity index is 306. The van der Waals surface area contributed by atoms with E-state index in [1.807, 2.05) is 4.90 Å². The monoisotopic (exact) mass is 257 g/mol. The van der Waals surface area contributed by atoms with E-state index in [1.54, 1.807) is 20.8 Å². The van der Waals surface area contributed by atoms with E-state index in [0.717, 1.165) is 26.2 Å². The molecule has 1 aliphatic heterocycles. The fraction of sp³-hybridized carbons (Fsp3) is 0.833. The van der Waals surface area contributed by atoms with Crippen LogP contribution in [-0.4, -0.2) is 60.6 Å². The van der Waals surface area contributed by atoms with Crippen LogP contribution in [0.25, 0.3) is 0 Å². The van der Waals surface area contributed by atoms with Gasteiger partial charge in [-0.3, -0.25) is 9.69 Å². The summed E-state index contributed by atoms with van der Waals surface area (Å²) >= 11 is 0. The van der Waals surface area contributed by atoms with Crippen molar-refractivity contribution in [2.75, 3.05) is 32.7 Å². The average molecular weight is 257 g/mol. The number of rotatable bonds is 4. The Balaban J connectivity index is 2.48. The molecule has 1 amide bonds. The molecule has 0 aromatic carbocycles. The Morgan fingerprint density at radius 3 is 2.33 bits per heavy atom. The lowest BCUT2D eigenvalue weighted by Crippen LogP contribution is -2.53. The standard InChI is InChI=1S/C12H23N3O3/c1-12(2,3)10(11(17)18)14-9(16)8-15-6-4-13-5-7-15/h10,13H,4-8H2,1-3H3,(H,14,16)(H,17,18). The van der Waals surface area contributed by atoms with Crippen LogP contribution < -0.4 is 10.6 Å². The van der Waals surface area contributed by atoms with Crippen LogP contribution in [0.5, 0.6) is 0 Å². The average Bonchev–Trinajstić information content (AvgIpc) is 2.25. The number of hydrogen-bond acceptors (Lipinski definition) is 4. The predicted octanol–water partition coefficient (Wildman–Crippen LogP) is -0.493. The van der Waals surface area contributed by atoms with Crippen molar-refractivity contribution < 1.29 is 14.7 Å². The zero-order valence-corrected chi connectivity index (χ0v) is 11.3. The number of carboxylic acids is 1. The fourth-order valence-electron chi connectivity index (χ4n) is 1.93. The van der Waals surface area contributed by atoms with Crippen LogP contribution in [0.1, 0.15) is 20.8 Å². The second kappa shape index (κ2) is 6.15. The van der Waals surface area contributed by atoms with Gasteiger partial charge in [0, 0.05) is 26.2 Å². The highest BCUT2D eigenvalue weighted by atomic mass is 16.4. The molecule has 0 spiro atoms. The molecule has 104 valence electrons. The van der Waals surface area contributed by atoms with Crippen molar-refractivity contribution in [3.8, 4) is 0 Å². The molecule has 6 heteroatoms. The van der Waals surface area contributed by atoms with Gasteiger partial charge in [-0.25, -0.2) is 4.79 Å². The fourth-order valence-corrected chi connectivity index (χ4v) is 1.93. The Hall–Kier alpha value is -1.14. The van der Waals surface area contributed by atoms with E-state index in [9.17, 15) is 9.59 Å². The topological polar surface area (TPSA) is 81.7 Å². The summed E-state index contributed by atoms with van der Waals surface area (Å²) in [7, 11) is 0. The lowest BCUT2D eigenvalue weighted by molar-refractivity contribution is -0.145. The van der Waals surface area contributed by atoms with E-state index >= 15 is 0 Å². The molecular weight excluding hydrogens is 234 g/mol. The molecule has 0 saturated carbocycles. The van der Waals surface area contributed by atoms with Crippen LogP contribution in [0.4, 0.5) is 0 Å². The van der Waals surface area contributed by atoms with Crippen LogP contribution >= 0.6 is 0 Å². The van der Waals surface area contributed by atoms with Gasteiger partial charge in [0.2, 0.25) is 5.91 Å². The first-order valence-corrected chi connectivity index (χ1v) is 6.26. The highest BCUT2D eigenvalue weighted by Gasteiger charge is 2.32. The van der Waals surface area contributed by atoms with Crippen LogP contribution in [0, 0.1) is 5.41 Å². The molecule has 1 saturated heterocycles. The summed E-state index contributed by atoms with van der Waals surface area (Å²) < 4.78 is 0. The molecule has 6 nitrogen and oxygen atoms in total. The number of aliphatic carboxylic acids is 1. The maximum absolute atomic E-state index is 11.8. The zero-order chi connectivity index (χ0) is 13.8. The molecule has 1 atom stereocenters. The Morgan fingerprint density at radius 2 is 1.89 bits per heavy atom. The van der Waals surface area contributed by atoms with Gasteiger partial charge in [0.1, 0.15) is 6.04 Å². The molecule has 0 bridgehead atoms. The zero-order valence-electron chi connectivity index (χ0n) is 11.3. The summed E-state index contributed by atoms with van der Waals surface area (Å²) in [5, 5.41) is 14.9. The minimum absolute atomic E-state index is 0.223. The molecule has 18 heavy (non-hydrogen) atoms. The molecule has 1 heterocycles. The second-order valence-corrected chi connectivity index (χ2v) is 5.73. The summed E-state index contributed by atoms with van der Waals surface area (Å²) in [6, 6.07) is -0.854. The molecule has 0 aliphatic carbocycles. The molecule has 0 radical (unpaired) electrons. The lowest BCUT2D eigenvalue weighted by Gasteiger charge is -2.30. The summed E-state index contributed by atoms with van der Waals surface area (Å²) in [5.74, 6) is -1.21. The third-order valence-electron chi connectivity index (χ3n) is 3.00. The van der Waals surface area contributed by atoms with E-state index < -0.39 is 17.4 Å². The van der Waals surface area contributed by atoms with E-state index in [-0.39, 0.29) is 12.5 Å². The Kier molecular flexibility index (Phi) is 5.10. The Labute approximate surface area is 108 Å². The van der Waals surface area contributed by atoms with Crippen LogP contribution in [0.2, 0.25) is 0 Å². The van der Waals surface area contributed by atoms with Crippen molar-refractivity contribution in [1.29, 1.82) is 0 Å². The summed E-state index contributed by atoms with van der Waals surface area (Å²) in [6.45, 7) is 9.05. The smallest absolute Gasteiger partial charge is 0.326 e. The molecule has 1 aliphatic rings. The largest absolute Gasteiger partial charge is 0.480 e. The minimum atomic E-state index is -0.990. The number of nitrogens with one attached hydrogen (secondary N) is 2. The van der Waals surface area contributed by atoms with Gasteiger partial charge >= 0.3 is 5.97 Å². The number of carbonyl (C=O) groups excluding carboxylic acids is 1. The van der Waals surface area contributed by atoms with Crippen molar-refractivity contribution in [2.45, 2.75) is 26.8 Å². The van der Waals surface area contributed by atoms with Gasteiger partial charge in [0.15, 0.2) is 0 Å².